The van der Waals surface area contributed by atoms with Crippen LogP contribution >= 0.6 is 11.8 Å². The van der Waals surface area contributed by atoms with E-state index in [-0.39, 0.29) is 17.1 Å². The molecule has 10 heteroatoms. The van der Waals surface area contributed by atoms with Gasteiger partial charge < -0.3 is 14.5 Å². The fraction of sp³-hybridized carbons (Fsp3) is 0.524. The Morgan fingerprint density at radius 2 is 1.81 bits per heavy atom. The molecule has 1 N–H and O–H groups in total. The minimum atomic E-state index is -0.337. The molecule has 5 rings (SSSR count). The Bertz CT molecular complexity index is 1160. The Hall–Kier alpha value is -2.59. The predicted molar refractivity (Wildman–Crippen MR) is 119 cm³/mol. The molecule has 4 heterocycles. The Labute approximate surface area is 184 Å². The molecule has 3 aromatic rings. The summed E-state index contributed by atoms with van der Waals surface area (Å²) in [6.45, 7) is 8.93. The van der Waals surface area contributed by atoms with Crippen molar-refractivity contribution < 1.29 is 9.47 Å². The van der Waals surface area contributed by atoms with Crippen molar-refractivity contribution in [2.75, 3.05) is 37.8 Å². The highest BCUT2D eigenvalue weighted by Gasteiger charge is 2.34. The van der Waals surface area contributed by atoms with Crippen LogP contribution < -0.4 is 15.0 Å². The number of fused-ring (bicyclic) bond motifs is 2. The zero-order chi connectivity index (χ0) is 21.6. The van der Waals surface area contributed by atoms with Crippen LogP contribution in [0.5, 0.6) is 11.5 Å². The smallest absolute Gasteiger partial charge is 0.253 e. The maximum atomic E-state index is 13.3. The fourth-order valence-electron chi connectivity index (χ4n) is 4.14. The number of nitrogens with zero attached hydrogens (tertiary/aromatic N) is 5. The van der Waals surface area contributed by atoms with Crippen molar-refractivity contribution in [2.45, 2.75) is 32.4 Å². The van der Waals surface area contributed by atoms with Crippen molar-refractivity contribution in [3.8, 4) is 11.5 Å². The molecule has 0 amide bonds. The molecule has 0 saturated carbocycles. The molecule has 0 unspecified atom stereocenters. The number of ether oxygens (including phenoxy) is 2. The summed E-state index contributed by atoms with van der Waals surface area (Å²) < 4.78 is 13.2. The minimum absolute atomic E-state index is 0.143. The van der Waals surface area contributed by atoms with Crippen molar-refractivity contribution in [1.29, 1.82) is 0 Å². The van der Waals surface area contributed by atoms with Gasteiger partial charge in [-0.15, -0.1) is 5.10 Å². The quantitative estimate of drug-likeness (QED) is 0.659. The van der Waals surface area contributed by atoms with Gasteiger partial charge in [-0.1, -0.05) is 0 Å². The molecule has 2 aliphatic rings. The molecule has 0 spiro atoms. The summed E-state index contributed by atoms with van der Waals surface area (Å²) in [5, 5.41) is 13.5. The molecule has 0 bridgehead atoms. The molecule has 9 nitrogen and oxygen atoms in total. The monoisotopic (exact) mass is 442 g/mol. The maximum absolute atomic E-state index is 13.3. The van der Waals surface area contributed by atoms with E-state index in [0.717, 1.165) is 35.5 Å². The number of benzene rings is 1. The van der Waals surface area contributed by atoms with Gasteiger partial charge in [-0.3, -0.25) is 9.69 Å². The lowest BCUT2D eigenvalue weighted by Crippen LogP contribution is -2.41. The van der Waals surface area contributed by atoms with Gasteiger partial charge in [0.2, 0.25) is 0 Å². The number of aromatic amines is 1. The average Bonchev–Trinajstić information content (AvgIpc) is 3.24. The second kappa shape index (κ2) is 7.83. The van der Waals surface area contributed by atoms with Gasteiger partial charge in [0.1, 0.15) is 19.3 Å². The normalized spacial score (nSPS) is 18.3. The highest BCUT2D eigenvalue weighted by Crippen LogP contribution is 2.36. The summed E-state index contributed by atoms with van der Waals surface area (Å²) in [4.78, 5) is 18.7. The number of aromatic nitrogens is 5. The fourth-order valence-corrected chi connectivity index (χ4v) is 5.07. The number of rotatable bonds is 3. The second-order valence-electron chi connectivity index (χ2n) is 8.81. The Morgan fingerprint density at radius 1 is 1.10 bits per heavy atom. The van der Waals surface area contributed by atoms with Gasteiger partial charge in [-0.25, -0.2) is 4.68 Å². The third-order valence-electron chi connectivity index (χ3n) is 5.61. The summed E-state index contributed by atoms with van der Waals surface area (Å²) in [5.74, 6) is 4.06. The zero-order valence-electron chi connectivity index (χ0n) is 17.9. The molecule has 164 valence electrons. The zero-order valence-corrected chi connectivity index (χ0v) is 18.7. The highest BCUT2D eigenvalue weighted by molar-refractivity contribution is 7.99. The lowest BCUT2D eigenvalue weighted by molar-refractivity contribution is 0.172. The first-order valence-electron chi connectivity index (χ1n) is 10.5. The van der Waals surface area contributed by atoms with Crippen LogP contribution in [0.3, 0.4) is 0 Å². The molecule has 2 aliphatic heterocycles. The third-order valence-corrected chi connectivity index (χ3v) is 6.56. The molecule has 0 radical (unpaired) electrons. The second-order valence-corrected chi connectivity index (χ2v) is 10.0. The van der Waals surface area contributed by atoms with E-state index in [9.17, 15) is 4.79 Å². The van der Waals surface area contributed by atoms with Gasteiger partial charge in [0.05, 0.1) is 11.1 Å². The number of H-pyrrole nitrogens is 1. The highest BCUT2D eigenvalue weighted by atomic mass is 32.2. The number of nitrogens with one attached hydrogen (secondary N) is 1. The number of tetrazole rings is 1. The van der Waals surface area contributed by atoms with Gasteiger partial charge in [0.25, 0.3) is 5.56 Å². The van der Waals surface area contributed by atoms with E-state index in [1.165, 1.54) is 0 Å². The van der Waals surface area contributed by atoms with Crippen molar-refractivity contribution >= 4 is 22.7 Å². The van der Waals surface area contributed by atoms with Gasteiger partial charge in [0, 0.05) is 41.6 Å². The standard InChI is InChI=1S/C21H26N6O3S/c1-21(2,3)27-19(23-24-25-27)18(26-4-8-31-9-5-26)14-10-13-11-16-17(30-7-6-29-16)12-15(13)22-20(14)28/h10-12,18H,4-9H2,1-3H3,(H,22,28)/t18-/m1/s1. The van der Waals surface area contributed by atoms with Crippen LogP contribution in [0.1, 0.15) is 38.2 Å². The molecule has 1 aromatic carbocycles. The molecular weight excluding hydrogens is 416 g/mol. The predicted octanol–water partition coefficient (Wildman–Crippen LogP) is 2.18. The first kappa shape index (κ1) is 20.3. The first-order chi connectivity index (χ1) is 14.9. The average molecular weight is 443 g/mol. The molecule has 0 aliphatic carbocycles. The van der Waals surface area contributed by atoms with E-state index in [4.69, 9.17) is 9.47 Å². The number of thioether (sulfide) groups is 1. The van der Waals surface area contributed by atoms with Crippen molar-refractivity contribution in [1.82, 2.24) is 30.1 Å². The van der Waals surface area contributed by atoms with Gasteiger partial charge >= 0.3 is 0 Å². The maximum Gasteiger partial charge on any atom is 0.253 e. The van der Waals surface area contributed by atoms with Gasteiger partial charge in [0.15, 0.2) is 17.3 Å². The third kappa shape index (κ3) is 3.78. The van der Waals surface area contributed by atoms with E-state index in [1.54, 1.807) is 0 Å². The van der Waals surface area contributed by atoms with E-state index in [0.29, 0.717) is 36.1 Å². The largest absolute Gasteiger partial charge is 0.486 e. The number of hydrogen-bond acceptors (Lipinski definition) is 8. The SMILES string of the molecule is CC(C)(C)n1nnnc1[C@@H](c1cc2cc3c(cc2[nH]c1=O)OCCO3)N1CCSCC1. The van der Waals surface area contributed by atoms with E-state index in [1.807, 2.05) is 34.6 Å². The summed E-state index contributed by atoms with van der Waals surface area (Å²) in [7, 11) is 0. The minimum Gasteiger partial charge on any atom is -0.486 e. The molecular formula is C21H26N6O3S. The molecule has 1 atom stereocenters. The Balaban J connectivity index is 1.68. The Morgan fingerprint density at radius 3 is 2.52 bits per heavy atom. The topological polar surface area (TPSA) is 98.2 Å². The lowest BCUT2D eigenvalue weighted by atomic mass is 10.0. The molecule has 1 saturated heterocycles. The van der Waals surface area contributed by atoms with Crippen LogP contribution in [0.4, 0.5) is 0 Å². The van der Waals surface area contributed by atoms with Crippen molar-refractivity contribution in [3.05, 3.63) is 39.9 Å². The van der Waals surface area contributed by atoms with Crippen molar-refractivity contribution in [2.24, 2.45) is 0 Å². The lowest BCUT2D eigenvalue weighted by Gasteiger charge is -2.34. The van der Waals surface area contributed by atoms with Crippen LogP contribution in [-0.2, 0) is 5.54 Å². The summed E-state index contributed by atoms with van der Waals surface area (Å²) >= 11 is 1.92. The van der Waals surface area contributed by atoms with Crippen LogP contribution in [0.2, 0.25) is 0 Å². The van der Waals surface area contributed by atoms with Crippen LogP contribution in [0.25, 0.3) is 10.9 Å². The van der Waals surface area contributed by atoms with Crippen LogP contribution in [-0.4, -0.2) is 67.9 Å². The molecule has 1 fully saturated rings. The Kier molecular flexibility index (Phi) is 5.13. The van der Waals surface area contributed by atoms with Gasteiger partial charge in [-0.05, 0) is 43.3 Å². The van der Waals surface area contributed by atoms with E-state index in [2.05, 4.69) is 46.2 Å². The van der Waals surface area contributed by atoms with Crippen molar-refractivity contribution in [3.63, 3.8) is 0 Å². The number of pyridine rings is 1. The van der Waals surface area contributed by atoms with E-state index < -0.39 is 0 Å². The summed E-state index contributed by atoms with van der Waals surface area (Å²) in [5.41, 5.74) is 0.906. The van der Waals surface area contributed by atoms with E-state index >= 15 is 0 Å². The van der Waals surface area contributed by atoms with Crippen LogP contribution in [0.15, 0.2) is 23.0 Å². The summed E-state index contributed by atoms with van der Waals surface area (Å²) in [6.07, 6.45) is 0. The molecule has 2 aromatic heterocycles. The van der Waals surface area contributed by atoms with Crippen LogP contribution in [0, 0.1) is 0 Å². The summed E-state index contributed by atoms with van der Waals surface area (Å²) in [6, 6.07) is 5.37. The molecule has 31 heavy (non-hydrogen) atoms. The number of hydrogen-bond donors (Lipinski definition) is 1. The first-order valence-corrected chi connectivity index (χ1v) is 11.6. The van der Waals surface area contributed by atoms with Gasteiger partial charge in [-0.2, -0.15) is 11.8 Å².